The van der Waals surface area contributed by atoms with E-state index in [1.54, 1.807) is 42.9 Å². The minimum atomic E-state index is -0.188. The van der Waals surface area contributed by atoms with Crippen LogP contribution in [0.2, 0.25) is 0 Å². The Kier molecular flexibility index (Phi) is 8.55. The number of hydrogen-bond acceptors (Lipinski definition) is 5. The third-order valence-electron chi connectivity index (χ3n) is 4.39. The van der Waals surface area contributed by atoms with Crippen LogP contribution in [0, 0.1) is 0 Å². The predicted molar refractivity (Wildman–Crippen MR) is 110 cm³/mol. The molecule has 2 heterocycles. The maximum absolute atomic E-state index is 12.4. The van der Waals surface area contributed by atoms with Gasteiger partial charge in [0.15, 0.2) is 0 Å². The van der Waals surface area contributed by atoms with Crippen LogP contribution in [-0.2, 0) is 11.2 Å². The lowest BCUT2D eigenvalue weighted by Gasteiger charge is -2.22. The Balaban J connectivity index is 1.85. The van der Waals surface area contributed by atoms with E-state index in [1.807, 2.05) is 25.9 Å². The first-order chi connectivity index (χ1) is 13.5. The van der Waals surface area contributed by atoms with Crippen molar-refractivity contribution in [1.82, 2.24) is 19.8 Å². The van der Waals surface area contributed by atoms with E-state index in [2.05, 4.69) is 20.2 Å². The van der Waals surface area contributed by atoms with Crippen molar-refractivity contribution in [2.24, 2.45) is 0 Å². The molecule has 0 radical (unpaired) electrons. The number of hydrogen-bond donors (Lipinski definition) is 1. The minimum Gasteiger partial charge on any atom is -0.342 e. The summed E-state index contributed by atoms with van der Waals surface area (Å²) in [7, 11) is 4.00. The molecule has 0 atom stereocenters. The first-order valence-electron chi connectivity index (χ1n) is 9.58. The van der Waals surface area contributed by atoms with Crippen molar-refractivity contribution >= 4 is 17.5 Å². The molecule has 2 rings (SSSR count). The monoisotopic (exact) mass is 383 g/mol. The average Bonchev–Trinajstić information content (AvgIpc) is 2.69. The molecule has 7 heteroatoms. The first kappa shape index (κ1) is 21.5. The van der Waals surface area contributed by atoms with Gasteiger partial charge in [-0.15, -0.1) is 0 Å². The minimum absolute atomic E-state index is 0.163. The molecule has 0 aromatic carbocycles. The van der Waals surface area contributed by atoms with Crippen LogP contribution in [0.4, 0.5) is 5.69 Å². The van der Waals surface area contributed by atoms with Gasteiger partial charge in [-0.25, -0.2) is 0 Å². The molecule has 2 aromatic rings. The summed E-state index contributed by atoms with van der Waals surface area (Å²) >= 11 is 0. The SMILES string of the molecule is CCN(CCN(C)C)C(=O)CCCc1cc(C(=O)Nc2ccncc2)ccn1. The van der Waals surface area contributed by atoms with E-state index < -0.39 is 0 Å². The van der Waals surface area contributed by atoms with E-state index in [1.165, 1.54) is 0 Å². The summed E-state index contributed by atoms with van der Waals surface area (Å²) in [6.07, 6.45) is 6.74. The normalized spacial score (nSPS) is 10.7. The van der Waals surface area contributed by atoms with Crippen LogP contribution in [0.15, 0.2) is 42.9 Å². The Labute approximate surface area is 166 Å². The number of aromatic nitrogens is 2. The predicted octanol–water partition coefficient (Wildman–Crippen LogP) is 2.46. The lowest BCUT2D eigenvalue weighted by molar-refractivity contribution is -0.131. The number of rotatable bonds is 10. The summed E-state index contributed by atoms with van der Waals surface area (Å²) in [4.78, 5) is 37.0. The summed E-state index contributed by atoms with van der Waals surface area (Å²) in [5.74, 6) is -0.0253. The van der Waals surface area contributed by atoms with E-state index in [0.29, 0.717) is 30.5 Å². The highest BCUT2D eigenvalue weighted by Gasteiger charge is 2.12. The number of amides is 2. The number of anilines is 1. The molecule has 0 bridgehead atoms. The molecule has 1 N–H and O–H groups in total. The quantitative estimate of drug-likeness (QED) is 0.682. The number of nitrogens with one attached hydrogen (secondary N) is 1. The fourth-order valence-corrected chi connectivity index (χ4v) is 2.75. The van der Waals surface area contributed by atoms with Gasteiger partial charge in [-0.3, -0.25) is 19.6 Å². The van der Waals surface area contributed by atoms with Gasteiger partial charge in [0.2, 0.25) is 5.91 Å². The van der Waals surface area contributed by atoms with Gasteiger partial charge < -0.3 is 15.1 Å². The Morgan fingerprint density at radius 3 is 2.50 bits per heavy atom. The van der Waals surface area contributed by atoms with Gasteiger partial charge in [-0.1, -0.05) is 0 Å². The molecule has 7 nitrogen and oxygen atoms in total. The number of nitrogens with zero attached hydrogens (tertiary/aromatic N) is 4. The second-order valence-corrected chi connectivity index (χ2v) is 6.86. The molecule has 0 aliphatic rings. The van der Waals surface area contributed by atoms with E-state index >= 15 is 0 Å². The molecule has 2 aromatic heterocycles. The zero-order valence-electron chi connectivity index (χ0n) is 16.9. The number of pyridine rings is 2. The van der Waals surface area contributed by atoms with E-state index in [-0.39, 0.29) is 11.8 Å². The Morgan fingerprint density at radius 2 is 1.82 bits per heavy atom. The second kappa shape index (κ2) is 11.1. The zero-order chi connectivity index (χ0) is 20.4. The highest BCUT2D eigenvalue weighted by atomic mass is 16.2. The molecule has 0 fully saturated rings. The maximum atomic E-state index is 12.4. The van der Waals surface area contributed by atoms with E-state index in [4.69, 9.17) is 0 Å². The Morgan fingerprint density at radius 1 is 1.07 bits per heavy atom. The topological polar surface area (TPSA) is 78.4 Å². The van der Waals surface area contributed by atoms with Crippen LogP contribution < -0.4 is 5.32 Å². The molecule has 0 saturated carbocycles. The summed E-state index contributed by atoms with van der Waals surface area (Å²) < 4.78 is 0. The van der Waals surface area contributed by atoms with Crippen molar-refractivity contribution in [1.29, 1.82) is 0 Å². The largest absolute Gasteiger partial charge is 0.342 e. The Bertz CT molecular complexity index is 764. The number of aryl methyl sites for hydroxylation is 1. The van der Waals surface area contributed by atoms with Crippen LogP contribution in [0.1, 0.15) is 35.8 Å². The maximum Gasteiger partial charge on any atom is 0.255 e. The van der Waals surface area contributed by atoms with Crippen LogP contribution in [0.5, 0.6) is 0 Å². The van der Waals surface area contributed by atoms with Gasteiger partial charge in [-0.05, 0) is 58.1 Å². The van der Waals surface area contributed by atoms with E-state index in [9.17, 15) is 9.59 Å². The molecule has 0 aliphatic carbocycles. The van der Waals surface area contributed by atoms with Crippen molar-refractivity contribution < 1.29 is 9.59 Å². The fraction of sp³-hybridized carbons (Fsp3) is 0.429. The van der Waals surface area contributed by atoms with E-state index in [0.717, 1.165) is 25.3 Å². The highest BCUT2D eigenvalue weighted by Crippen LogP contribution is 2.10. The average molecular weight is 383 g/mol. The second-order valence-electron chi connectivity index (χ2n) is 6.86. The molecule has 150 valence electrons. The smallest absolute Gasteiger partial charge is 0.255 e. The van der Waals surface area contributed by atoms with Crippen LogP contribution >= 0.6 is 0 Å². The number of carbonyl (C=O) groups is 2. The number of likely N-dealkylation sites (N-methyl/N-ethyl adjacent to an activating group) is 2. The summed E-state index contributed by atoms with van der Waals surface area (Å²) in [5.41, 5.74) is 2.06. The summed E-state index contributed by atoms with van der Waals surface area (Å²) in [6.45, 7) is 4.32. The molecule has 0 spiro atoms. The molecule has 0 unspecified atom stereocenters. The molecule has 0 aliphatic heterocycles. The summed E-state index contributed by atoms with van der Waals surface area (Å²) in [6, 6.07) is 6.94. The summed E-state index contributed by atoms with van der Waals surface area (Å²) in [5, 5.41) is 2.83. The fourth-order valence-electron chi connectivity index (χ4n) is 2.75. The van der Waals surface area contributed by atoms with Gasteiger partial charge in [0, 0.05) is 61.6 Å². The van der Waals surface area contributed by atoms with Crippen molar-refractivity contribution in [3.63, 3.8) is 0 Å². The van der Waals surface area contributed by atoms with Crippen molar-refractivity contribution in [2.75, 3.05) is 39.0 Å². The van der Waals surface area contributed by atoms with Crippen molar-refractivity contribution in [3.8, 4) is 0 Å². The lowest BCUT2D eigenvalue weighted by atomic mass is 10.1. The van der Waals surface area contributed by atoms with Crippen molar-refractivity contribution in [2.45, 2.75) is 26.2 Å². The molecule has 28 heavy (non-hydrogen) atoms. The van der Waals surface area contributed by atoms with Crippen LogP contribution in [0.25, 0.3) is 0 Å². The molecular weight excluding hydrogens is 354 g/mol. The van der Waals surface area contributed by atoms with Crippen LogP contribution in [0.3, 0.4) is 0 Å². The molecule has 0 saturated heterocycles. The molecular formula is C21H29N5O2. The lowest BCUT2D eigenvalue weighted by Crippen LogP contribution is -2.36. The van der Waals surface area contributed by atoms with Gasteiger partial charge in [-0.2, -0.15) is 0 Å². The molecule has 2 amide bonds. The van der Waals surface area contributed by atoms with Crippen LogP contribution in [-0.4, -0.2) is 65.3 Å². The number of carbonyl (C=O) groups excluding carboxylic acids is 2. The van der Waals surface area contributed by atoms with Gasteiger partial charge in [0.25, 0.3) is 5.91 Å². The van der Waals surface area contributed by atoms with Crippen molar-refractivity contribution in [3.05, 3.63) is 54.1 Å². The third kappa shape index (κ3) is 7.08. The van der Waals surface area contributed by atoms with Gasteiger partial charge >= 0.3 is 0 Å². The highest BCUT2D eigenvalue weighted by molar-refractivity contribution is 6.04. The Hall–Kier alpha value is -2.80. The first-order valence-corrected chi connectivity index (χ1v) is 9.58. The van der Waals surface area contributed by atoms with Gasteiger partial charge in [0.05, 0.1) is 0 Å². The van der Waals surface area contributed by atoms with Gasteiger partial charge in [0.1, 0.15) is 0 Å². The zero-order valence-corrected chi connectivity index (χ0v) is 16.9. The standard InChI is InChI=1S/C21H29N5O2/c1-4-26(15-14-25(2)3)20(27)7-5-6-19-16-17(8-13-23-19)21(28)24-18-9-11-22-12-10-18/h8-13,16H,4-7,14-15H2,1-3H3,(H,22,24,28). The third-order valence-corrected chi connectivity index (χ3v) is 4.39.